The van der Waals surface area contributed by atoms with Gasteiger partial charge in [-0.05, 0) is 78.8 Å². The third kappa shape index (κ3) is 4.90. The lowest BCUT2D eigenvalue weighted by molar-refractivity contribution is -0.141. The van der Waals surface area contributed by atoms with Crippen LogP contribution in [0.25, 0.3) is 0 Å². The summed E-state index contributed by atoms with van der Waals surface area (Å²) in [6.07, 6.45) is 3.06. The number of benzene rings is 3. The van der Waals surface area contributed by atoms with Crippen LogP contribution in [-0.4, -0.2) is 59.4 Å². The average Bonchev–Trinajstić information content (AvgIpc) is 3.46. The molecule has 1 saturated carbocycles. The summed E-state index contributed by atoms with van der Waals surface area (Å²) < 4.78 is 10.8. The monoisotopic (exact) mass is 703 g/mol. The van der Waals surface area contributed by atoms with Gasteiger partial charge in [-0.25, -0.2) is 0 Å². The van der Waals surface area contributed by atoms with Gasteiger partial charge in [-0.15, -0.1) is 0 Å². The van der Waals surface area contributed by atoms with E-state index >= 15 is 4.79 Å². The number of methoxy groups -OCH3 is 2. The Morgan fingerprint density at radius 1 is 0.918 bits per heavy atom. The molecule has 6 atom stereocenters. The lowest BCUT2D eigenvalue weighted by atomic mass is 9.49. The van der Waals surface area contributed by atoms with Crippen LogP contribution in [-0.2, 0) is 24.6 Å². The van der Waals surface area contributed by atoms with Crippen LogP contribution >= 0.6 is 23.2 Å². The average molecular weight is 705 g/mol. The zero-order chi connectivity index (χ0) is 34.8. The van der Waals surface area contributed by atoms with Gasteiger partial charge in [-0.2, -0.15) is 5.01 Å². The highest BCUT2D eigenvalue weighted by molar-refractivity contribution is 6.36. The molecule has 3 aromatic rings. The predicted octanol–water partition coefficient (Wildman–Crippen LogP) is 6.11. The van der Waals surface area contributed by atoms with Gasteiger partial charge in [0, 0.05) is 17.5 Å². The molecule has 3 aromatic carbocycles. The summed E-state index contributed by atoms with van der Waals surface area (Å²) in [5.74, 6) is -4.34. The fraction of sp³-hybridized carbons (Fsp3) is 0.351. The second kappa shape index (κ2) is 12.4. The van der Waals surface area contributed by atoms with E-state index in [4.69, 9.17) is 32.7 Å². The van der Waals surface area contributed by atoms with Crippen molar-refractivity contribution >= 4 is 52.5 Å². The van der Waals surface area contributed by atoms with Crippen LogP contribution in [0.5, 0.6) is 17.2 Å². The minimum absolute atomic E-state index is 0.140. The molecule has 12 heteroatoms. The molecule has 2 N–H and O–H groups in total. The van der Waals surface area contributed by atoms with E-state index in [0.29, 0.717) is 47.0 Å². The summed E-state index contributed by atoms with van der Waals surface area (Å²) in [5, 5.41) is 12.7. The Balaban J connectivity index is 1.46. The number of allylic oxidation sites excluding steroid dienone is 2. The number of carbonyl (C=O) groups excluding carboxylic acids is 4. The Hall–Kier alpha value is -4.54. The number of nitrogens with one attached hydrogen (secondary N) is 1. The Bertz CT molecular complexity index is 1910. The molecule has 254 valence electrons. The highest BCUT2D eigenvalue weighted by Gasteiger charge is 2.70. The molecule has 7 rings (SSSR count). The standard InChI is InChI=1S/C37H35Cl2N3O7/c1-4-15-41-33(44)24-12-11-23-25(31(24)35(41)46)18-26-34(45)42(40-28-13-8-21(38)17-27(28)39)36(47)37(26,20-6-9-22(48-2)10-7-20)32(23)19-5-14-30(49-3)29(43)16-19/h5-11,13-14,16-17,24-26,31-32,40,43H,4,12,15,18H2,1-3H3/t24-,25+,26-,31-,32-,37+/m0/s1. The van der Waals surface area contributed by atoms with E-state index in [1.54, 1.807) is 61.7 Å². The predicted molar refractivity (Wildman–Crippen MR) is 182 cm³/mol. The van der Waals surface area contributed by atoms with E-state index in [-0.39, 0.29) is 34.8 Å². The topological polar surface area (TPSA) is 125 Å². The molecular formula is C37H35Cl2N3O7. The number of hydrazine groups is 1. The summed E-state index contributed by atoms with van der Waals surface area (Å²) in [4.78, 5) is 58.9. The van der Waals surface area contributed by atoms with Gasteiger partial charge in [0.05, 0.1) is 48.1 Å². The molecule has 0 unspecified atom stereocenters. The molecule has 0 spiro atoms. The van der Waals surface area contributed by atoms with E-state index in [2.05, 4.69) is 5.43 Å². The van der Waals surface area contributed by atoms with E-state index < -0.39 is 46.8 Å². The number of aromatic hydroxyl groups is 1. The fourth-order valence-corrected chi connectivity index (χ4v) is 9.06. The Labute approximate surface area is 293 Å². The molecule has 2 heterocycles. The minimum Gasteiger partial charge on any atom is -0.504 e. The number of amides is 4. The number of hydrogen-bond donors (Lipinski definition) is 2. The number of likely N-dealkylation sites (tertiary alicyclic amines) is 1. The number of ether oxygens (including phenoxy) is 2. The maximum Gasteiger partial charge on any atom is 0.260 e. The third-order valence-electron chi connectivity index (χ3n) is 10.7. The van der Waals surface area contributed by atoms with Crippen molar-refractivity contribution in [2.45, 2.75) is 37.5 Å². The van der Waals surface area contributed by atoms with Crippen LogP contribution < -0.4 is 14.9 Å². The van der Waals surface area contributed by atoms with E-state index in [1.165, 1.54) is 18.1 Å². The van der Waals surface area contributed by atoms with Crippen molar-refractivity contribution in [3.63, 3.8) is 0 Å². The van der Waals surface area contributed by atoms with E-state index in [9.17, 15) is 19.5 Å². The van der Waals surface area contributed by atoms with Crippen LogP contribution in [0.3, 0.4) is 0 Å². The number of anilines is 1. The molecule has 0 radical (unpaired) electrons. The summed E-state index contributed by atoms with van der Waals surface area (Å²) >= 11 is 12.7. The number of fused-ring (bicyclic) bond motifs is 4. The molecule has 2 saturated heterocycles. The van der Waals surface area contributed by atoms with Crippen LogP contribution in [0.1, 0.15) is 43.2 Å². The van der Waals surface area contributed by atoms with Crippen molar-refractivity contribution in [2.24, 2.45) is 23.7 Å². The lowest BCUT2D eigenvalue weighted by Crippen LogP contribution is -2.53. The number of nitrogens with zero attached hydrogens (tertiary/aromatic N) is 2. The number of rotatable bonds is 8. The normalized spacial score (nSPS) is 27.4. The van der Waals surface area contributed by atoms with Gasteiger partial charge in [0.15, 0.2) is 11.5 Å². The van der Waals surface area contributed by atoms with Gasteiger partial charge in [0.1, 0.15) is 5.75 Å². The zero-order valence-corrected chi connectivity index (χ0v) is 28.6. The van der Waals surface area contributed by atoms with Gasteiger partial charge >= 0.3 is 0 Å². The highest BCUT2D eigenvalue weighted by atomic mass is 35.5. The highest BCUT2D eigenvalue weighted by Crippen LogP contribution is 2.64. The lowest BCUT2D eigenvalue weighted by Gasteiger charge is -2.50. The van der Waals surface area contributed by atoms with E-state index in [0.717, 1.165) is 10.6 Å². The van der Waals surface area contributed by atoms with Gasteiger partial charge in [-0.3, -0.25) is 29.5 Å². The van der Waals surface area contributed by atoms with Crippen LogP contribution in [0.15, 0.2) is 72.3 Å². The Morgan fingerprint density at radius 2 is 1.67 bits per heavy atom. The molecule has 4 amide bonds. The van der Waals surface area contributed by atoms with Gasteiger partial charge in [0.25, 0.3) is 11.8 Å². The van der Waals surface area contributed by atoms with Crippen molar-refractivity contribution < 1.29 is 33.8 Å². The molecule has 2 aliphatic carbocycles. The molecule has 0 aromatic heterocycles. The quantitative estimate of drug-likeness (QED) is 0.213. The van der Waals surface area contributed by atoms with Crippen molar-refractivity contribution in [1.29, 1.82) is 0 Å². The van der Waals surface area contributed by atoms with Crippen molar-refractivity contribution in [1.82, 2.24) is 9.91 Å². The maximum absolute atomic E-state index is 15.3. The Morgan fingerprint density at radius 3 is 2.33 bits per heavy atom. The zero-order valence-electron chi connectivity index (χ0n) is 27.1. The number of imide groups is 2. The molecule has 4 aliphatic rings. The number of phenolic OH excluding ortho intramolecular Hbond substituents is 1. The summed E-state index contributed by atoms with van der Waals surface area (Å²) in [6.45, 7) is 2.23. The number of halogens is 2. The summed E-state index contributed by atoms with van der Waals surface area (Å²) in [5.41, 5.74) is 3.66. The minimum atomic E-state index is -1.53. The smallest absolute Gasteiger partial charge is 0.260 e. The Kier molecular flexibility index (Phi) is 8.35. The van der Waals surface area contributed by atoms with Crippen molar-refractivity contribution in [3.05, 3.63) is 93.5 Å². The number of phenols is 1. The van der Waals surface area contributed by atoms with Crippen molar-refractivity contribution in [3.8, 4) is 17.2 Å². The first-order chi connectivity index (χ1) is 23.6. The largest absolute Gasteiger partial charge is 0.504 e. The van der Waals surface area contributed by atoms with Gasteiger partial charge in [-0.1, -0.05) is 60.0 Å². The first kappa shape index (κ1) is 33.0. The maximum atomic E-state index is 15.3. The van der Waals surface area contributed by atoms with Crippen molar-refractivity contribution in [2.75, 3.05) is 26.2 Å². The second-order valence-electron chi connectivity index (χ2n) is 13.0. The molecule has 3 fully saturated rings. The molecule has 49 heavy (non-hydrogen) atoms. The third-order valence-corrected chi connectivity index (χ3v) is 11.2. The first-order valence-electron chi connectivity index (χ1n) is 16.2. The van der Waals surface area contributed by atoms with Crippen LogP contribution in [0, 0.1) is 23.7 Å². The second-order valence-corrected chi connectivity index (χ2v) is 13.8. The summed E-state index contributed by atoms with van der Waals surface area (Å²) in [6, 6.07) is 16.7. The first-order valence-corrected chi connectivity index (χ1v) is 17.0. The SMILES string of the molecule is CCCN1C(=O)[C@H]2[C@H](CC=C3[C@H]2C[C@H]2C(=O)N(Nc4ccc(Cl)cc4Cl)C(=O)[C@@]2(c2ccc(OC)cc2)[C@H]3c2ccc(OC)c(O)c2)C1=O. The van der Waals surface area contributed by atoms with Crippen LogP contribution in [0.4, 0.5) is 5.69 Å². The van der Waals surface area contributed by atoms with Crippen LogP contribution in [0.2, 0.25) is 10.0 Å². The molecule has 0 bridgehead atoms. The molecule has 2 aliphatic heterocycles. The summed E-state index contributed by atoms with van der Waals surface area (Å²) in [7, 11) is 2.99. The van der Waals surface area contributed by atoms with Gasteiger partial charge < -0.3 is 14.6 Å². The van der Waals surface area contributed by atoms with E-state index in [1.807, 2.05) is 13.0 Å². The molecule has 10 nitrogen and oxygen atoms in total. The number of carbonyl (C=O) groups is 4. The van der Waals surface area contributed by atoms with Gasteiger partial charge in [0.2, 0.25) is 11.8 Å². The number of hydrogen-bond acceptors (Lipinski definition) is 8. The fourth-order valence-electron chi connectivity index (χ4n) is 8.61. The molecular weight excluding hydrogens is 669 g/mol.